The first-order valence-corrected chi connectivity index (χ1v) is 12.7. The van der Waals surface area contributed by atoms with Crippen molar-refractivity contribution in [3.8, 4) is 11.8 Å². The van der Waals surface area contributed by atoms with Gasteiger partial charge in [-0.2, -0.15) is 0 Å². The number of allylic oxidation sites excluding steroid dienone is 2. The summed E-state index contributed by atoms with van der Waals surface area (Å²) < 4.78 is 28.7. The lowest BCUT2D eigenvalue weighted by molar-refractivity contribution is 0.254. The summed E-state index contributed by atoms with van der Waals surface area (Å²) in [6.07, 6.45) is 14.6. The Hall–Kier alpha value is -2.63. The van der Waals surface area contributed by atoms with E-state index in [1.807, 2.05) is 18.2 Å². The maximum absolute atomic E-state index is 15.1. The molecule has 0 aliphatic heterocycles. The summed E-state index contributed by atoms with van der Waals surface area (Å²) in [6, 6.07) is 14.0. The second kappa shape index (κ2) is 11.7. The number of rotatable bonds is 6. The second-order valence-corrected chi connectivity index (χ2v) is 9.84. The molecule has 0 aromatic heterocycles. The molecule has 0 atom stereocenters. The summed E-state index contributed by atoms with van der Waals surface area (Å²) in [5, 5.41) is 1.51. The largest absolute Gasteiger partial charge is 0.205 e. The van der Waals surface area contributed by atoms with Gasteiger partial charge < -0.3 is 0 Å². The molecule has 0 nitrogen and oxygen atoms in total. The van der Waals surface area contributed by atoms with Crippen molar-refractivity contribution in [2.75, 3.05) is 0 Å². The van der Waals surface area contributed by atoms with Gasteiger partial charge in [0.15, 0.2) is 0 Å². The molecule has 0 unspecified atom stereocenters. The predicted octanol–water partition coefficient (Wildman–Crippen LogP) is 9.27. The molecule has 0 heterocycles. The van der Waals surface area contributed by atoms with Gasteiger partial charge in [0.1, 0.15) is 11.6 Å². The molecule has 3 aromatic rings. The molecular weight excluding hydrogens is 446 g/mol. The number of hydrogen-bond acceptors (Lipinski definition) is 0. The fraction of sp³-hybridized carbons (Fsp3) is 0.355. The third-order valence-electron chi connectivity index (χ3n) is 7.06. The highest BCUT2D eigenvalue weighted by atomic mass is 35.5. The minimum Gasteiger partial charge on any atom is -0.205 e. The molecule has 1 saturated carbocycles. The molecule has 0 spiro atoms. The Balaban J connectivity index is 1.37. The van der Waals surface area contributed by atoms with Crippen LogP contribution >= 0.6 is 11.6 Å². The van der Waals surface area contributed by atoms with Crippen molar-refractivity contribution in [1.82, 2.24) is 0 Å². The first-order valence-electron chi connectivity index (χ1n) is 12.3. The van der Waals surface area contributed by atoms with Gasteiger partial charge in [0.05, 0.1) is 10.6 Å². The first-order chi connectivity index (χ1) is 16.5. The summed E-state index contributed by atoms with van der Waals surface area (Å²) in [7, 11) is 0. The fourth-order valence-electron chi connectivity index (χ4n) is 4.98. The van der Waals surface area contributed by atoms with Gasteiger partial charge in [0, 0.05) is 10.9 Å². The summed E-state index contributed by atoms with van der Waals surface area (Å²) in [5.74, 6) is 6.50. The lowest BCUT2D eigenvalue weighted by atomic mass is 9.78. The Morgan fingerprint density at radius 3 is 2.41 bits per heavy atom. The number of hydrogen-bond donors (Lipinski definition) is 0. The van der Waals surface area contributed by atoms with E-state index in [0.717, 1.165) is 23.6 Å². The zero-order valence-electron chi connectivity index (χ0n) is 19.7. The van der Waals surface area contributed by atoms with Crippen LogP contribution in [0.1, 0.15) is 68.6 Å². The number of fused-ring (bicyclic) bond motifs is 1. The van der Waals surface area contributed by atoms with Crippen LogP contribution in [-0.4, -0.2) is 0 Å². The van der Waals surface area contributed by atoms with Gasteiger partial charge >= 0.3 is 0 Å². The van der Waals surface area contributed by atoms with E-state index in [4.69, 9.17) is 11.6 Å². The molecule has 1 aliphatic rings. The van der Waals surface area contributed by atoms with Crippen molar-refractivity contribution in [2.24, 2.45) is 11.8 Å². The van der Waals surface area contributed by atoms with Crippen LogP contribution < -0.4 is 0 Å². The molecule has 1 fully saturated rings. The van der Waals surface area contributed by atoms with Gasteiger partial charge in [-0.1, -0.05) is 85.5 Å². The van der Waals surface area contributed by atoms with Crippen LogP contribution in [0.25, 0.3) is 10.8 Å². The monoisotopic (exact) mass is 476 g/mol. The van der Waals surface area contributed by atoms with Gasteiger partial charge in [0.25, 0.3) is 0 Å². The fourth-order valence-corrected chi connectivity index (χ4v) is 5.10. The lowest BCUT2D eigenvalue weighted by Gasteiger charge is -2.28. The van der Waals surface area contributed by atoms with Crippen molar-refractivity contribution in [1.29, 1.82) is 0 Å². The standard InChI is InChI=1S/C31H31ClF2/c1-2-3-4-5-22-6-8-23(9-7-22)10-11-24-13-18-28-27(20-24)17-16-26(31(28)34)15-12-25-14-19-29(32)30(33)21-25/h2-3,13-14,16-23H,4-11H2,1H3/b3-2+. The minimum atomic E-state index is -0.530. The van der Waals surface area contributed by atoms with Crippen LogP contribution in [0.2, 0.25) is 5.02 Å². The smallest absolute Gasteiger partial charge is 0.146 e. The van der Waals surface area contributed by atoms with Gasteiger partial charge in [-0.15, -0.1) is 0 Å². The molecule has 0 amide bonds. The quantitative estimate of drug-likeness (QED) is 0.245. The van der Waals surface area contributed by atoms with Crippen molar-refractivity contribution < 1.29 is 8.78 Å². The summed E-state index contributed by atoms with van der Waals surface area (Å²) in [6.45, 7) is 2.09. The molecule has 0 radical (unpaired) electrons. The van der Waals surface area contributed by atoms with E-state index in [1.165, 1.54) is 62.6 Å². The van der Waals surface area contributed by atoms with Crippen LogP contribution in [0.3, 0.4) is 0 Å². The van der Waals surface area contributed by atoms with E-state index in [1.54, 1.807) is 12.1 Å². The summed E-state index contributed by atoms with van der Waals surface area (Å²) >= 11 is 5.71. The van der Waals surface area contributed by atoms with Gasteiger partial charge in [0.2, 0.25) is 0 Å². The van der Waals surface area contributed by atoms with Crippen molar-refractivity contribution in [3.63, 3.8) is 0 Å². The molecule has 34 heavy (non-hydrogen) atoms. The third kappa shape index (κ3) is 6.28. The van der Waals surface area contributed by atoms with Gasteiger partial charge in [-0.25, -0.2) is 8.78 Å². The number of halogens is 3. The Labute approximate surface area is 207 Å². The SMILES string of the molecule is C/C=C/CCC1CCC(CCc2ccc3c(F)c(C#Cc4ccc(Cl)c(F)c4)ccc3c2)CC1. The number of aryl methyl sites for hydroxylation is 1. The zero-order chi connectivity index (χ0) is 23.9. The average Bonchev–Trinajstić information content (AvgIpc) is 2.85. The Bertz CT molecular complexity index is 1220. The summed E-state index contributed by atoms with van der Waals surface area (Å²) in [4.78, 5) is 0. The molecule has 0 saturated heterocycles. The maximum atomic E-state index is 15.1. The molecule has 3 aromatic carbocycles. The summed E-state index contributed by atoms with van der Waals surface area (Å²) in [5.41, 5.74) is 2.03. The van der Waals surface area contributed by atoms with E-state index in [2.05, 4.69) is 37.0 Å². The second-order valence-electron chi connectivity index (χ2n) is 9.43. The van der Waals surface area contributed by atoms with Gasteiger partial charge in [-0.3, -0.25) is 0 Å². The topological polar surface area (TPSA) is 0 Å². The Morgan fingerprint density at radius 1 is 0.912 bits per heavy atom. The molecule has 1 aliphatic carbocycles. The van der Waals surface area contributed by atoms with Crippen molar-refractivity contribution >= 4 is 22.4 Å². The van der Waals surface area contributed by atoms with Crippen LogP contribution in [0, 0.1) is 35.3 Å². The highest BCUT2D eigenvalue weighted by Gasteiger charge is 2.20. The van der Waals surface area contributed by atoms with E-state index >= 15 is 4.39 Å². The Morgan fingerprint density at radius 2 is 1.68 bits per heavy atom. The van der Waals surface area contributed by atoms with Crippen LogP contribution in [0.15, 0.2) is 60.7 Å². The molecule has 3 heteroatoms. The Kier molecular flexibility index (Phi) is 8.41. The molecule has 4 rings (SSSR count). The van der Waals surface area contributed by atoms with Crippen LogP contribution in [0.4, 0.5) is 8.78 Å². The molecular formula is C31H31ClF2. The zero-order valence-corrected chi connectivity index (χ0v) is 20.5. The van der Waals surface area contributed by atoms with Crippen molar-refractivity contribution in [3.05, 3.63) is 94.0 Å². The molecule has 176 valence electrons. The molecule has 0 bridgehead atoms. The minimum absolute atomic E-state index is 0.0472. The van der Waals surface area contributed by atoms with Crippen LogP contribution in [-0.2, 0) is 6.42 Å². The average molecular weight is 477 g/mol. The van der Waals surface area contributed by atoms with E-state index < -0.39 is 5.82 Å². The van der Waals surface area contributed by atoms with E-state index in [0.29, 0.717) is 16.5 Å². The number of benzene rings is 3. The van der Waals surface area contributed by atoms with Gasteiger partial charge in [-0.05, 0) is 79.7 Å². The highest BCUT2D eigenvalue weighted by Crippen LogP contribution is 2.34. The first kappa shape index (κ1) is 24.5. The molecule has 0 N–H and O–H groups in total. The predicted molar refractivity (Wildman–Crippen MR) is 139 cm³/mol. The lowest BCUT2D eigenvalue weighted by Crippen LogP contribution is -2.15. The normalized spacial score (nSPS) is 18.2. The maximum Gasteiger partial charge on any atom is 0.146 e. The third-order valence-corrected chi connectivity index (χ3v) is 7.37. The van der Waals surface area contributed by atoms with Crippen LogP contribution in [0.5, 0.6) is 0 Å². The van der Waals surface area contributed by atoms with Crippen molar-refractivity contribution in [2.45, 2.75) is 58.3 Å². The van der Waals surface area contributed by atoms with E-state index in [-0.39, 0.29) is 10.8 Å². The van der Waals surface area contributed by atoms with E-state index in [9.17, 15) is 4.39 Å². The highest BCUT2D eigenvalue weighted by molar-refractivity contribution is 6.30.